The Balaban J connectivity index is 1.66. The maximum atomic E-state index is 12.4. The van der Waals surface area contributed by atoms with Crippen LogP contribution in [-0.4, -0.2) is 57.2 Å². The summed E-state index contributed by atoms with van der Waals surface area (Å²) in [6, 6.07) is 4.11. The second-order valence-electron chi connectivity index (χ2n) is 5.05. The molecule has 1 amide bonds. The number of phenolic OH excluding ortho intramolecular Hbond substituents is 2. The van der Waals surface area contributed by atoms with Gasteiger partial charge in [0.25, 0.3) is 5.91 Å². The number of phenols is 2. The highest BCUT2D eigenvalue weighted by Crippen LogP contribution is 2.25. The van der Waals surface area contributed by atoms with Crippen molar-refractivity contribution in [2.45, 2.75) is 0 Å². The number of carbonyl (C=O) groups excluding carboxylic acids is 1. The summed E-state index contributed by atoms with van der Waals surface area (Å²) < 4.78 is 0. The maximum absolute atomic E-state index is 12.4. The van der Waals surface area contributed by atoms with E-state index in [-0.39, 0.29) is 17.4 Å². The fraction of sp³-hybridized carbons (Fsp3) is 0.267. The SMILES string of the molecule is O=C(c1ccc(O)c(O)c1)N1CCN(c2cnccn2)CC1. The van der Waals surface area contributed by atoms with Crippen LogP contribution in [0.1, 0.15) is 10.4 Å². The molecule has 0 aliphatic carbocycles. The van der Waals surface area contributed by atoms with E-state index in [2.05, 4.69) is 14.9 Å². The van der Waals surface area contributed by atoms with Crippen molar-refractivity contribution in [1.29, 1.82) is 0 Å². The largest absolute Gasteiger partial charge is 0.504 e. The van der Waals surface area contributed by atoms with Crippen molar-refractivity contribution in [2.75, 3.05) is 31.1 Å². The van der Waals surface area contributed by atoms with E-state index in [1.54, 1.807) is 23.5 Å². The Morgan fingerprint density at radius 1 is 1.05 bits per heavy atom. The molecule has 0 unspecified atom stereocenters. The van der Waals surface area contributed by atoms with E-state index < -0.39 is 0 Å². The molecular formula is C15H16N4O3. The normalized spacial score (nSPS) is 14.9. The van der Waals surface area contributed by atoms with Crippen LogP contribution >= 0.6 is 0 Å². The quantitative estimate of drug-likeness (QED) is 0.799. The molecule has 7 heteroatoms. The molecule has 1 aliphatic heterocycles. The van der Waals surface area contributed by atoms with Gasteiger partial charge in [0.1, 0.15) is 5.82 Å². The molecule has 2 N–H and O–H groups in total. The van der Waals surface area contributed by atoms with Crippen LogP contribution in [0.5, 0.6) is 11.5 Å². The first-order valence-corrected chi connectivity index (χ1v) is 6.97. The first kappa shape index (κ1) is 14.1. The first-order chi connectivity index (χ1) is 10.6. The van der Waals surface area contributed by atoms with Gasteiger partial charge in [-0.3, -0.25) is 9.78 Å². The molecule has 0 saturated carbocycles. The lowest BCUT2D eigenvalue weighted by Crippen LogP contribution is -2.49. The number of benzene rings is 1. The number of aromatic hydroxyl groups is 2. The topological polar surface area (TPSA) is 89.8 Å². The summed E-state index contributed by atoms with van der Waals surface area (Å²) in [6.07, 6.45) is 4.97. The van der Waals surface area contributed by atoms with E-state index in [1.165, 1.54) is 18.2 Å². The van der Waals surface area contributed by atoms with E-state index >= 15 is 0 Å². The van der Waals surface area contributed by atoms with Crippen molar-refractivity contribution in [1.82, 2.24) is 14.9 Å². The molecule has 114 valence electrons. The van der Waals surface area contributed by atoms with Gasteiger partial charge in [0.2, 0.25) is 0 Å². The third-order valence-corrected chi connectivity index (χ3v) is 3.66. The first-order valence-electron chi connectivity index (χ1n) is 6.97. The second-order valence-corrected chi connectivity index (χ2v) is 5.05. The molecular weight excluding hydrogens is 284 g/mol. The van der Waals surface area contributed by atoms with Gasteiger partial charge in [-0.1, -0.05) is 0 Å². The predicted octanol–water partition coefficient (Wildman–Crippen LogP) is 0.850. The van der Waals surface area contributed by atoms with E-state index in [9.17, 15) is 15.0 Å². The molecule has 2 aromatic rings. The number of aromatic nitrogens is 2. The van der Waals surface area contributed by atoms with Crippen LogP contribution in [0.2, 0.25) is 0 Å². The van der Waals surface area contributed by atoms with E-state index in [0.717, 1.165) is 5.82 Å². The van der Waals surface area contributed by atoms with Crippen molar-refractivity contribution in [3.63, 3.8) is 0 Å². The number of carbonyl (C=O) groups is 1. The molecule has 0 radical (unpaired) electrons. The van der Waals surface area contributed by atoms with Gasteiger partial charge < -0.3 is 20.0 Å². The van der Waals surface area contributed by atoms with Gasteiger partial charge in [0.05, 0.1) is 6.20 Å². The number of nitrogens with zero attached hydrogens (tertiary/aromatic N) is 4. The summed E-state index contributed by atoms with van der Waals surface area (Å²) in [4.78, 5) is 24.5. The Labute approximate surface area is 127 Å². The second kappa shape index (κ2) is 5.88. The minimum atomic E-state index is -0.288. The zero-order valence-corrected chi connectivity index (χ0v) is 11.9. The Hall–Kier alpha value is -2.83. The van der Waals surface area contributed by atoms with Crippen molar-refractivity contribution in [3.05, 3.63) is 42.4 Å². The standard InChI is InChI=1S/C15H16N4O3/c20-12-2-1-11(9-13(12)21)15(22)19-7-5-18(6-8-19)14-10-16-3-4-17-14/h1-4,9-10,20-21H,5-8H2. The van der Waals surface area contributed by atoms with Crippen molar-refractivity contribution in [2.24, 2.45) is 0 Å². The number of hydrogen-bond donors (Lipinski definition) is 2. The Morgan fingerprint density at radius 3 is 2.45 bits per heavy atom. The van der Waals surface area contributed by atoms with Crippen molar-refractivity contribution >= 4 is 11.7 Å². The van der Waals surface area contributed by atoms with Crippen molar-refractivity contribution in [3.8, 4) is 11.5 Å². The number of hydrogen-bond acceptors (Lipinski definition) is 6. The van der Waals surface area contributed by atoms with Crippen molar-refractivity contribution < 1.29 is 15.0 Å². The van der Waals surface area contributed by atoms with Gasteiger partial charge in [-0.05, 0) is 18.2 Å². The number of piperazine rings is 1. The van der Waals surface area contributed by atoms with E-state index in [0.29, 0.717) is 31.7 Å². The molecule has 1 saturated heterocycles. The van der Waals surface area contributed by atoms with Crippen LogP contribution in [0.3, 0.4) is 0 Å². The monoisotopic (exact) mass is 300 g/mol. The van der Waals surface area contributed by atoms with Gasteiger partial charge in [0, 0.05) is 44.1 Å². The fourth-order valence-corrected chi connectivity index (χ4v) is 2.43. The van der Waals surface area contributed by atoms with Gasteiger partial charge in [-0.2, -0.15) is 0 Å². The molecule has 1 aromatic carbocycles. The molecule has 0 bridgehead atoms. The molecule has 7 nitrogen and oxygen atoms in total. The minimum Gasteiger partial charge on any atom is -0.504 e. The third kappa shape index (κ3) is 2.78. The molecule has 3 rings (SSSR count). The number of rotatable bonds is 2. The summed E-state index contributed by atoms with van der Waals surface area (Å²) in [5, 5.41) is 18.8. The van der Waals surface area contributed by atoms with Crippen LogP contribution in [0.25, 0.3) is 0 Å². The predicted molar refractivity (Wildman–Crippen MR) is 79.9 cm³/mol. The Bertz CT molecular complexity index is 670. The highest BCUT2D eigenvalue weighted by atomic mass is 16.3. The van der Waals surface area contributed by atoms with Crippen LogP contribution in [0.4, 0.5) is 5.82 Å². The molecule has 1 aliphatic rings. The Kier molecular flexibility index (Phi) is 3.78. The lowest BCUT2D eigenvalue weighted by molar-refractivity contribution is 0.0746. The highest BCUT2D eigenvalue weighted by molar-refractivity contribution is 5.95. The highest BCUT2D eigenvalue weighted by Gasteiger charge is 2.23. The molecule has 0 spiro atoms. The maximum Gasteiger partial charge on any atom is 0.254 e. The van der Waals surface area contributed by atoms with E-state index in [1.807, 2.05) is 0 Å². The molecule has 1 aromatic heterocycles. The summed E-state index contributed by atoms with van der Waals surface area (Å²) in [5.74, 6) is 0.124. The van der Waals surface area contributed by atoms with Crippen LogP contribution in [-0.2, 0) is 0 Å². The van der Waals surface area contributed by atoms with Crippen LogP contribution in [0.15, 0.2) is 36.8 Å². The third-order valence-electron chi connectivity index (χ3n) is 3.66. The average molecular weight is 300 g/mol. The number of amides is 1. The zero-order valence-electron chi connectivity index (χ0n) is 11.9. The zero-order chi connectivity index (χ0) is 15.5. The van der Waals surface area contributed by atoms with Gasteiger partial charge in [-0.25, -0.2) is 4.98 Å². The number of anilines is 1. The van der Waals surface area contributed by atoms with Crippen LogP contribution < -0.4 is 4.90 Å². The Morgan fingerprint density at radius 2 is 1.82 bits per heavy atom. The molecule has 22 heavy (non-hydrogen) atoms. The molecule has 1 fully saturated rings. The summed E-state index contributed by atoms with van der Waals surface area (Å²) in [5.41, 5.74) is 0.364. The van der Waals surface area contributed by atoms with Gasteiger partial charge in [0.15, 0.2) is 11.5 Å². The van der Waals surface area contributed by atoms with Gasteiger partial charge in [-0.15, -0.1) is 0 Å². The van der Waals surface area contributed by atoms with Crippen LogP contribution in [0, 0.1) is 0 Å². The average Bonchev–Trinajstić information content (AvgIpc) is 2.58. The summed E-state index contributed by atoms with van der Waals surface area (Å²) in [7, 11) is 0. The summed E-state index contributed by atoms with van der Waals surface area (Å²) in [6.45, 7) is 2.48. The van der Waals surface area contributed by atoms with E-state index in [4.69, 9.17) is 0 Å². The molecule has 2 heterocycles. The van der Waals surface area contributed by atoms with Gasteiger partial charge >= 0.3 is 0 Å². The fourth-order valence-electron chi connectivity index (χ4n) is 2.43. The lowest BCUT2D eigenvalue weighted by atomic mass is 10.1. The summed E-state index contributed by atoms with van der Waals surface area (Å²) >= 11 is 0. The minimum absolute atomic E-state index is 0.158. The smallest absolute Gasteiger partial charge is 0.254 e. The molecule has 0 atom stereocenters. The lowest BCUT2D eigenvalue weighted by Gasteiger charge is -2.35.